The zero-order valence-corrected chi connectivity index (χ0v) is 8.84. The van der Waals surface area contributed by atoms with Crippen molar-refractivity contribution < 1.29 is 0 Å². The van der Waals surface area contributed by atoms with Crippen molar-refractivity contribution in [3.8, 4) is 0 Å². The first kappa shape index (κ1) is 10.3. The molecule has 2 atom stereocenters. The van der Waals surface area contributed by atoms with Crippen LogP contribution in [0.2, 0.25) is 0 Å². The highest BCUT2D eigenvalue weighted by Gasteiger charge is 2.19. The summed E-state index contributed by atoms with van der Waals surface area (Å²) in [6, 6.07) is 6.36. The molecule has 1 heterocycles. The minimum Gasteiger partial charge on any atom is -0.326 e. The number of aliphatic imine (C=N–C) groups is 1. The van der Waals surface area contributed by atoms with Crippen molar-refractivity contribution in [1.29, 1.82) is 0 Å². The van der Waals surface area contributed by atoms with Gasteiger partial charge in [-0.3, -0.25) is 9.98 Å². The third-order valence-electron chi connectivity index (χ3n) is 2.87. The average Bonchev–Trinajstić information content (AvgIpc) is 2.29. The molecule has 1 aromatic heterocycles. The van der Waals surface area contributed by atoms with Crippen molar-refractivity contribution in [3.63, 3.8) is 0 Å². The van der Waals surface area contributed by atoms with Crippen molar-refractivity contribution in [2.45, 2.75) is 37.8 Å². The normalized spacial score (nSPS) is 27.0. The van der Waals surface area contributed by atoms with Crippen LogP contribution >= 0.6 is 0 Å². The maximum Gasteiger partial charge on any atom is 0.0807 e. The summed E-state index contributed by atoms with van der Waals surface area (Å²) in [5, 5.41) is 0. The van der Waals surface area contributed by atoms with Crippen molar-refractivity contribution in [2.24, 2.45) is 10.7 Å². The van der Waals surface area contributed by atoms with Gasteiger partial charge in [-0.05, 0) is 25.0 Å². The van der Waals surface area contributed by atoms with Gasteiger partial charge in [0.25, 0.3) is 0 Å². The minimum atomic E-state index is 0.235. The van der Waals surface area contributed by atoms with Crippen molar-refractivity contribution in [2.75, 3.05) is 0 Å². The highest BCUT2D eigenvalue weighted by atomic mass is 14.9. The van der Waals surface area contributed by atoms with E-state index in [1.54, 1.807) is 6.20 Å². The van der Waals surface area contributed by atoms with Crippen molar-refractivity contribution in [1.82, 2.24) is 4.98 Å². The molecule has 0 amide bonds. The van der Waals surface area contributed by atoms with E-state index in [0.29, 0.717) is 6.04 Å². The van der Waals surface area contributed by atoms with Crippen LogP contribution in [-0.2, 0) is 0 Å². The van der Waals surface area contributed by atoms with E-state index in [9.17, 15) is 0 Å². The highest BCUT2D eigenvalue weighted by Crippen LogP contribution is 2.19. The predicted molar refractivity (Wildman–Crippen MR) is 62.1 cm³/mol. The molecule has 1 saturated carbocycles. The summed E-state index contributed by atoms with van der Waals surface area (Å²) in [7, 11) is 0. The Labute approximate surface area is 90.4 Å². The molecule has 2 rings (SSSR count). The van der Waals surface area contributed by atoms with Gasteiger partial charge in [-0.1, -0.05) is 18.9 Å². The summed E-state index contributed by atoms with van der Waals surface area (Å²) in [5.74, 6) is 0. The molecule has 2 N–H and O–H groups in total. The maximum absolute atomic E-state index is 6.01. The molecule has 3 nitrogen and oxygen atoms in total. The lowest BCUT2D eigenvalue weighted by atomic mass is 9.91. The molecule has 0 aromatic carbocycles. The summed E-state index contributed by atoms with van der Waals surface area (Å²) >= 11 is 0. The molecule has 0 radical (unpaired) electrons. The summed E-state index contributed by atoms with van der Waals surface area (Å²) in [6.45, 7) is 0. The molecule has 1 aromatic rings. The highest BCUT2D eigenvalue weighted by molar-refractivity contribution is 5.76. The number of rotatable bonds is 2. The lowest BCUT2D eigenvalue weighted by molar-refractivity contribution is 0.387. The van der Waals surface area contributed by atoms with Gasteiger partial charge < -0.3 is 5.73 Å². The number of nitrogens with zero attached hydrogens (tertiary/aromatic N) is 2. The van der Waals surface area contributed by atoms with Crippen LogP contribution in [0.4, 0.5) is 0 Å². The van der Waals surface area contributed by atoms with Gasteiger partial charge in [0, 0.05) is 18.5 Å². The first-order valence-electron chi connectivity index (χ1n) is 5.56. The summed E-state index contributed by atoms with van der Waals surface area (Å²) in [6.07, 6.45) is 8.33. The Bertz CT molecular complexity index is 321. The Morgan fingerprint density at radius 1 is 1.33 bits per heavy atom. The number of hydrogen-bond donors (Lipinski definition) is 1. The quantitative estimate of drug-likeness (QED) is 0.745. The molecule has 0 saturated heterocycles. The molecule has 0 spiro atoms. The number of nitrogens with two attached hydrogens (primary N) is 1. The molecule has 80 valence electrons. The lowest BCUT2D eigenvalue weighted by Gasteiger charge is -2.24. The van der Waals surface area contributed by atoms with Crippen LogP contribution in [0.1, 0.15) is 31.4 Å². The van der Waals surface area contributed by atoms with Gasteiger partial charge in [-0.2, -0.15) is 0 Å². The second-order valence-corrected chi connectivity index (χ2v) is 4.05. The van der Waals surface area contributed by atoms with Crippen LogP contribution in [0.5, 0.6) is 0 Å². The number of hydrogen-bond acceptors (Lipinski definition) is 3. The SMILES string of the molecule is N[C@@H]1CCCC[C@@H]1N=Cc1ccccn1. The Balaban J connectivity index is 1.98. The molecule has 3 heteroatoms. The fourth-order valence-electron chi connectivity index (χ4n) is 1.95. The van der Waals surface area contributed by atoms with Crippen LogP contribution < -0.4 is 5.73 Å². The van der Waals surface area contributed by atoms with Crippen LogP contribution in [0.15, 0.2) is 29.4 Å². The standard InChI is InChI=1S/C12H17N3/c13-11-6-1-2-7-12(11)15-9-10-5-3-4-8-14-10/h3-5,8-9,11-12H,1-2,6-7,13H2/t11-,12+/m1/s1. The van der Waals surface area contributed by atoms with E-state index in [-0.39, 0.29) is 6.04 Å². The van der Waals surface area contributed by atoms with Crippen molar-refractivity contribution in [3.05, 3.63) is 30.1 Å². The third-order valence-corrected chi connectivity index (χ3v) is 2.87. The fourth-order valence-corrected chi connectivity index (χ4v) is 1.95. The van der Waals surface area contributed by atoms with Gasteiger partial charge in [0.2, 0.25) is 0 Å². The zero-order valence-electron chi connectivity index (χ0n) is 8.84. The summed E-state index contributed by atoms with van der Waals surface area (Å²) in [5.41, 5.74) is 6.92. The Kier molecular flexibility index (Phi) is 3.45. The lowest BCUT2D eigenvalue weighted by Crippen LogP contribution is -2.36. The maximum atomic E-state index is 6.01. The van der Waals surface area contributed by atoms with Crippen LogP contribution in [0.3, 0.4) is 0 Å². The van der Waals surface area contributed by atoms with E-state index < -0.39 is 0 Å². The molecule has 1 fully saturated rings. The first-order valence-corrected chi connectivity index (χ1v) is 5.56. The molecule has 0 unspecified atom stereocenters. The molecule has 0 bridgehead atoms. The van der Waals surface area contributed by atoms with Gasteiger partial charge >= 0.3 is 0 Å². The zero-order chi connectivity index (χ0) is 10.5. The molecule has 1 aliphatic carbocycles. The fraction of sp³-hybridized carbons (Fsp3) is 0.500. The summed E-state index contributed by atoms with van der Waals surface area (Å²) < 4.78 is 0. The Hall–Kier alpha value is -1.22. The topological polar surface area (TPSA) is 51.3 Å². The van der Waals surface area contributed by atoms with Gasteiger partial charge in [0.15, 0.2) is 0 Å². The van der Waals surface area contributed by atoms with Gasteiger partial charge in [-0.15, -0.1) is 0 Å². The predicted octanol–water partition coefficient (Wildman–Crippen LogP) is 1.77. The number of aromatic nitrogens is 1. The Morgan fingerprint density at radius 2 is 2.20 bits per heavy atom. The van der Waals surface area contributed by atoms with E-state index in [2.05, 4.69) is 9.98 Å². The van der Waals surface area contributed by atoms with E-state index >= 15 is 0 Å². The Morgan fingerprint density at radius 3 is 2.93 bits per heavy atom. The van der Waals surface area contributed by atoms with Crippen LogP contribution in [0.25, 0.3) is 0 Å². The van der Waals surface area contributed by atoms with E-state index in [0.717, 1.165) is 18.5 Å². The molecule has 1 aliphatic rings. The van der Waals surface area contributed by atoms with Gasteiger partial charge in [-0.25, -0.2) is 0 Å². The average molecular weight is 203 g/mol. The summed E-state index contributed by atoms with van der Waals surface area (Å²) in [4.78, 5) is 8.72. The number of pyridine rings is 1. The molecular formula is C12H17N3. The molecule has 0 aliphatic heterocycles. The van der Waals surface area contributed by atoms with Crippen LogP contribution in [0, 0.1) is 0 Å². The smallest absolute Gasteiger partial charge is 0.0807 e. The monoisotopic (exact) mass is 203 g/mol. The van der Waals surface area contributed by atoms with E-state index in [1.165, 1.54) is 12.8 Å². The third kappa shape index (κ3) is 2.86. The minimum absolute atomic E-state index is 0.235. The second-order valence-electron chi connectivity index (χ2n) is 4.05. The van der Waals surface area contributed by atoms with E-state index in [4.69, 9.17) is 5.73 Å². The van der Waals surface area contributed by atoms with Gasteiger partial charge in [0.05, 0.1) is 11.7 Å². The van der Waals surface area contributed by atoms with E-state index in [1.807, 2.05) is 24.4 Å². The molecule has 15 heavy (non-hydrogen) atoms. The van der Waals surface area contributed by atoms with Crippen molar-refractivity contribution >= 4 is 6.21 Å². The first-order chi connectivity index (χ1) is 7.36. The molecular weight excluding hydrogens is 186 g/mol. The van der Waals surface area contributed by atoms with Crippen LogP contribution in [-0.4, -0.2) is 23.3 Å². The second kappa shape index (κ2) is 5.03. The van der Waals surface area contributed by atoms with Gasteiger partial charge in [0.1, 0.15) is 0 Å². The largest absolute Gasteiger partial charge is 0.326 e.